The molecule has 1 aromatic carbocycles. The molecule has 2 aromatic heterocycles. The van der Waals surface area contributed by atoms with Gasteiger partial charge in [-0.05, 0) is 24.3 Å². The number of benzene rings is 1. The van der Waals surface area contributed by atoms with Gasteiger partial charge in [0.2, 0.25) is 5.91 Å². The largest absolute Gasteiger partial charge is 0.308 e. The number of aromatic amines is 1. The Bertz CT molecular complexity index is 768. The lowest BCUT2D eigenvalue weighted by Gasteiger charge is -2.02. The molecule has 3 rings (SSSR count). The van der Waals surface area contributed by atoms with E-state index in [-0.39, 0.29) is 5.91 Å². The highest BCUT2D eigenvalue weighted by molar-refractivity contribution is 7.99. The van der Waals surface area contributed by atoms with E-state index in [9.17, 15) is 4.79 Å². The number of aromatic nitrogens is 2. The van der Waals surface area contributed by atoms with Crippen LogP contribution in [0.1, 0.15) is 4.88 Å². The Morgan fingerprint density at radius 3 is 3.00 bits per heavy atom. The molecule has 0 saturated carbocycles. The number of hydrogen-bond acceptors (Lipinski definition) is 4. The lowest BCUT2D eigenvalue weighted by Crippen LogP contribution is -2.14. The first-order chi connectivity index (χ1) is 10.2. The fourth-order valence-corrected chi connectivity index (χ4v) is 3.93. The number of fused-ring (bicyclic) bond motifs is 1. The molecule has 2 N–H and O–H groups in total. The van der Waals surface area contributed by atoms with Crippen molar-refractivity contribution in [3.63, 3.8) is 0 Å². The van der Waals surface area contributed by atoms with Crippen molar-refractivity contribution in [2.24, 2.45) is 0 Å². The molecule has 2 heterocycles. The number of para-hydroxylation sites is 1. The van der Waals surface area contributed by atoms with Crippen LogP contribution in [-0.4, -0.2) is 21.9 Å². The van der Waals surface area contributed by atoms with Gasteiger partial charge in [-0.3, -0.25) is 9.89 Å². The zero-order chi connectivity index (χ0) is 14.7. The number of halogens is 1. The molecule has 0 bridgehead atoms. The minimum absolute atomic E-state index is 0.0556. The van der Waals surface area contributed by atoms with Gasteiger partial charge in [0, 0.05) is 16.0 Å². The second kappa shape index (κ2) is 6.51. The molecule has 0 aliphatic carbocycles. The van der Waals surface area contributed by atoms with E-state index in [0.717, 1.165) is 21.0 Å². The second-order valence-corrected chi connectivity index (χ2v) is 7.15. The fraction of sp³-hybridized carbons (Fsp3) is 0.143. The number of thioether (sulfide) groups is 1. The Morgan fingerprint density at radius 1 is 1.33 bits per heavy atom. The van der Waals surface area contributed by atoms with E-state index in [0.29, 0.717) is 11.6 Å². The van der Waals surface area contributed by atoms with E-state index in [1.54, 1.807) is 23.1 Å². The number of hydrogen-bond donors (Lipinski definition) is 2. The van der Waals surface area contributed by atoms with Crippen LogP contribution < -0.4 is 5.32 Å². The quantitative estimate of drug-likeness (QED) is 0.735. The topological polar surface area (TPSA) is 57.8 Å². The standard InChI is InChI=1S/C14H12ClN3OS2/c15-12-6-5-9(21-12)7-20-8-13(19)16-14-10-3-1-2-4-11(10)17-18-14/h1-6H,7-8H2,(H2,16,17,18,19). The van der Waals surface area contributed by atoms with Gasteiger partial charge in [0.25, 0.3) is 0 Å². The fourth-order valence-electron chi connectivity index (χ4n) is 1.90. The molecule has 0 aliphatic heterocycles. The minimum atomic E-state index is -0.0556. The summed E-state index contributed by atoms with van der Waals surface area (Å²) >= 11 is 8.97. The number of rotatable bonds is 5. The molecule has 0 saturated heterocycles. The third kappa shape index (κ3) is 3.58. The van der Waals surface area contributed by atoms with E-state index in [2.05, 4.69) is 15.5 Å². The van der Waals surface area contributed by atoms with Crippen molar-refractivity contribution < 1.29 is 4.79 Å². The normalized spacial score (nSPS) is 10.9. The van der Waals surface area contributed by atoms with Crippen molar-refractivity contribution in [3.8, 4) is 0 Å². The van der Waals surface area contributed by atoms with Gasteiger partial charge in [-0.2, -0.15) is 5.10 Å². The highest BCUT2D eigenvalue weighted by Gasteiger charge is 2.09. The summed E-state index contributed by atoms with van der Waals surface area (Å²) in [5.74, 6) is 1.69. The summed E-state index contributed by atoms with van der Waals surface area (Å²) in [7, 11) is 0. The van der Waals surface area contributed by atoms with Gasteiger partial charge < -0.3 is 5.32 Å². The van der Waals surface area contributed by atoms with E-state index in [1.165, 1.54) is 4.88 Å². The van der Waals surface area contributed by atoms with Crippen LogP contribution in [0.5, 0.6) is 0 Å². The summed E-state index contributed by atoms with van der Waals surface area (Å²) in [5.41, 5.74) is 0.911. The van der Waals surface area contributed by atoms with Crippen molar-refractivity contribution in [1.82, 2.24) is 10.2 Å². The lowest BCUT2D eigenvalue weighted by molar-refractivity contribution is -0.113. The Hall–Kier alpha value is -1.50. The third-order valence-electron chi connectivity index (χ3n) is 2.83. The molecule has 0 aliphatic rings. The van der Waals surface area contributed by atoms with E-state index >= 15 is 0 Å². The molecule has 0 spiro atoms. The molecule has 0 atom stereocenters. The van der Waals surface area contributed by atoms with Crippen LogP contribution in [0.2, 0.25) is 4.34 Å². The number of carbonyl (C=O) groups is 1. The molecular formula is C14H12ClN3OS2. The summed E-state index contributed by atoms with van der Waals surface area (Å²) in [5, 5.41) is 10.8. The zero-order valence-corrected chi connectivity index (χ0v) is 13.3. The van der Waals surface area contributed by atoms with Crippen molar-refractivity contribution in [3.05, 3.63) is 45.6 Å². The molecule has 0 radical (unpaired) electrons. The summed E-state index contributed by atoms with van der Waals surface area (Å²) in [4.78, 5) is 13.1. The molecular weight excluding hydrogens is 326 g/mol. The van der Waals surface area contributed by atoms with Gasteiger partial charge >= 0.3 is 0 Å². The smallest absolute Gasteiger partial charge is 0.235 e. The minimum Gasteiger partial charge on any atom is -0.308 e. The van der Waals surface area contributed by atoms with Gasteiger partial charge in [-0.15, -0.1) is 23.1 Å². The van der Waals surface area contributed by atoms with Crippen LogP contribution >= 0.6 is 34.7 Å². The van der Waals surface area contributed by atoms with Gasteiger partial charge in [-0.1, -0.05) is 23.7 Å². The molecule has 3 aromatic rings. The molecule has 21 heavy (non-hydrogen) atoms. The Kier molecular flexibility index (Phi) is 4.48. The number of carbonyl (C=O) groups excluding carboxylic acids is 1. The lowest BCUT2D eigenvalue weighted by atomic mass is 10.2. The molecule has 0 unspecified atom stereocenters. The monoisotopic (exact) mass is 337 g/mol. The van der Waals surface area contributed by atoms with Gasteiger partial charge in [0.05, 0.1) is 15.6 Å². The summed E-state index contributed by atoms with van der Waals surface area (Å²) in [6.45, 7) is 0. The summed E-state index contributed by atoms with van der Waals surface area (Å²) in [6.07, 6.45) is 0. The van der Waals surface area contributed by atoms with Crippen LogP contribution in [0.3, 0.4) is 0 Å². The SMILES string of the molecule is O=C(CSCc1ccc(Cl)s1)Nc1n[nH]c2ccccc12. The number of nitrogens with zero attached hydrogens (tertiary/aromatic N) is 1. The van der Waals surface area contributed by atoms with Crippen LogP contribution in [0.25, 0.3) is 10.9 Å². The van der Waals surface area contributed by atoms with Gasteiger partial charge in [0.15, 0.2) is 5.82 Å². The molecule has 4 nitrogen and oxygen atoms in total. The number of H-pyrrole nitrogens is 1. The maximum atomic E-state index is 11.9. The van der Waals surface area contributed by atoms with Crippen LogP contribution in [-0.2, 0) is 10.5 Å². The number of anilines is 1. The average Bonchev–Trinajstić information content (AvgIpc) is 3.06. The van der Waals surface area contributed by atoms with Crippen molar-refractivity contribution in [1.29, 1.82) is 0 Å². The van der Waals surface area contributed by atoms with Crippen molar-refractivity contribution >= 4 is 57.3 Å². The maximum Gasteiger partial charge on any atom is 0.235 e. The Morgan fingerprint density at radius 2 is 2.19 bits per heavy atom. The first kappa shape index (κ1) is 14.4. The first-order valence-corrected chi connectivity index (χ1v) is 8.62. The van der Waals surface area contributed by atoms with Gasteiger partial charge in [-0.25, -0.2) is 0 Å². The van der Waals surface area contributed by atoms with Crippen LogP contribution in [0.15, 0.2) is 36.4 Å². The van der Waals surface area contributed by atoms with E-state index < -0.39 is 0 Å². The first-order valence-electron chi connectivity index (χ1n) is 6.27. The highest BCUT2D eigenvalue weighted by Crippen LogP contribution is 2.25. The third-order valence-corrected chi connectivity index (χ3v) is 5.23. The number of thiophene rings is 1. The number of nitrogens with one attached hydrogen (secondary N) is 2. The maximum absolute atomic E-state index is 11.9. The summed E-state index contributed by atoms with van der Waals surface area (Å²) in [6, 6.07) is 11.6. The average molecular weight is 338 g/mol. The predicted molar refractivity (Wildman–Crippen MR) is 90.2 cm³/mol. The van der Waals surface area contributed by atoms with Gasteiger partial charge in [0.1, 0.15) is 0 Å². The molecule has 108 valence electrons. The zero-order valence-electron chi connectivity index (χ0n) is 10.9. The van der Waals surface area contributed by atoms with Crippen LogP contribution in [0.4, 0.5) is 5.82 Å². The van der Waals surface area contributed by atoms with Crippen molar-refractivity contribution in [2.45, 2.75) is 5.75 Å². The van der Waals surface area contributed by atoms with Crippen molar-refractivity contribution in [2.75, 3.05) is 11.1 Å². The Labute approximate surface area is 134 Å². The summed E-state index contributed by atoms with van der Waals surface area (Å²) < 4.78 is 0.776. The van der Waals surface area contributed by atoms with Crippen LogP contribution in [0, 0.1) is 0 Å². The molecule has 0 fully saturated rings. The highest BCUT2D eigenvalue weighted by atomic mass is 35.5. The van der Waals surface area contributed by atoms with E-state index in [4.69, 9.17) is 11.6 Å². The molecule has 7 heteroatoms. The number of amides is 1. The van der Waals surface area contributed by atoms with E-state index in [1.807, 2.05) is 36.4 Å². The molecule has 1 amide bonds. The predicted octanol–water partition coefficient (Wildman–Crippen LogP) is 4.15. The Balaban J connectivity index is 1.54. The second-order valence-electron chi connectivity index (χ2n) is 4.36.